The van der Waals surface area contributed by atoms with Crippen molar-refractivity contribution >= 4 is 17.3 Å². The lowest BCUT2D eigenvalue weighted by molar-refractivity contribution is -0.117. The number of nitrogen functional groups attached to an aromatic ring is 1. The van der Waals surface area contributed by atoms with E-state index < -0.39 is 0 Å². The summed E-state index contributed by atoms with van der Waals surface area (Å²) >= 11 is 0. The molecule has 20 heavy (non-hydrogen) atoms. The first kappa shape index (κ1) is 14.1. The second kappa shape index (κ2) is 6.25. The number of carbonyl (C=O) groups excluding carboxylic acids is 1. The van der Waals surface area contributed by atoms with Crippen molar-refractivity contribution in [3.05, 3.63) is 47.9 Å². The fourth-order valence-corrected chi connectivity index (χ4v) is 1.89. The molecule has 2 rings (SSSR count). The van der Waals surface area contributed by atoms with Crippen LogP contribution < -0.4 is 11.1 Å². The molecule has 5 heteroatoms. The number of aryl methyl sites for hydroxylation is 1. The van der Waals surface area contributed by atoms with Crippen LogP contribution in [0.25, 0.3) is 0 Å². The highest BCUT2D eigenvalue weighted by Crippen LogP contribution is 2.16. The van der Waals surface area contributed by atoms with Crippen LogP contribution in [0.5, 0.6) is 0 Å². The van der Waals surface area contributed by atoms with E-state index in [9.17, 15) is 4.79 Å². The van der Waals surface area contributed by atoms with Gasteiger partial charge in [-0.05, 0) is 43.8 Å². The average Bonchev–Trinajstić information content (AvgIpc) is 2.86. The van der Waals surface area contributed by atoms with Gasteiger partial charge in [-0.15, -0.1) is 0 Å². The number of hydrogen-bond donors (Lipinski definition) is 2. The topological polar surface area (TPSA) is 71.5 Å². The van der Waals surface area contributed by atoms with Crippen LogP contribution in [-0.2, 0) is 11.3 Å². The largest absolute Gasteiger partial charge is 0.468 e. The maximum absolute atomic E-state index is 11.9. The number of amides is 1. The van der Waals surface area contributed by atoms with Gasteiger partial charge in [0.1, 0.15) is 5.76 Å². The van der Waals surface area contributed by atoms with Crippen LogP contribution in [-0.4, -0.2) is 24.4 Å². The zero-order chi connectivity index (χ0) is 14.5. The van der Waals surface area contributed by atoms with Crippen molar-refractivity contribution in [2.24, 2.45) is 0 Å². The van der Waals surface area contributed by atoms with Gasteiger partial charge in [0.15, 0.2) is 0 Å². The fourth-order valence-electron chi connectivity index (χ4n) is 1.89. The second-order valence-electron chi connectivity index (χ2n) is 4.87. The summed E-state index contributed by atoms with van der Waals surface area (Å²) in [6.07, 6.45) is 1.62. The summed E-state index contributed by atoms with van der Waals surface area (Å²) in [6.45, 7) is 2.81. The average molecular weight is 273 g/mol. The summed E-state index contributed by atoms with van der Waals surface area (Å²) in [5.41, 5.74) is 8.20. The standard InChI is InChI=1S/C15H19N3O2/c1-11-5-6-12(8-14(11)16)17-15(19)10-18(2)9-13-4-3-7-20-13/h3-8H,9-10,16H2,1-2H3,(H,17,19). The molecule has 0 unspecified atom stereocenters. The number of nitrogens with two attached hydrogens (primary N) is 1. The van der Waals surface area contributed by atoms with Gasteiger partial charge in [0.25, 0.3) is 0 Å². The quantitative estimate of drug-likeness (QED) is 0.820. The van der Waals surface area contributed by atoms with E-state index in [0.29, 0.717) is 17.9 Å². The van der Waals surface area contributed by atoms with Crippen LogP contribution in [0, 0.1) is 6.92 Å². The number of likely N-dealkylation sites (N-methyl/N-ethyl adjacent to an activating group) is 1. The molecule has 0 aliphatic heterocycles. The number of hydrogen-bond acceptors (Lipinski definition) is 4. The molecule has 0 atom stereocenters. The van der Waals surface area contributed by atoms with E-state index in [1.165, 1.54) is 0 Å². The zero-order valence-electron chi connectivity index (χ0n) is 11.7. The molecule has 1 aromatic heterocycles. The number of benzene rings is 1. The number of carbonyl (C=O) groups is 1. The van der Waals surface area contributed by atoms with Gasteiger partial charge >= 0.3 is 0 Å². The van der Waals surface area contributed by atoms with Crippen LogP contribution in [0.1, 0.15) is 11.3 Å². The van der Waals surface area contributed by atoms with Gasteiger partial charge in [-0.1, -0.05) is 6.07 Å². The van der Waals surface area contributed by atoms with E-state index in [0.717, 1.165) is 11.3 Å². The maximum Gasteiger partial charge on any atom is 0.238 e. The fraction of sp³-hybridized carbons (Fsp3) is 0.267. The minimum atomic E-state index is -0.0812. The first-order chi connectivity index (χ1) is 9.54. The molecule has 1 heterocycles. The Balaban J connectivity index is 1.87. The van der Waals surface area contributed by atoms with E-state index in [-0.39, 0.29) is 12.5 Å². The summed E-state index contributed by atoms with van der Waals surface area (Å²) < 4.78 is 5.24. The van der Waals surface area contributed by atoms with Crippen LogP contribution in [0.3, 0.4) is 0 Å². The molecule has 2 aromatic rings. The van der Waals surface area contributed by atoms with Crippen molar-refractivity contribution in [2.75, 3.05) is 24.6 Å². The van der Waals surface area contributed by atoms with Gasteiger partial charge in [0.2, 0.25) is 5.91 Å². The molecule has 0 spiro atoms. The third-order valence-electron chi connectivity index (χ3n) is 2.98. The predicted octanol–water partition coefficient (Wildman–Crippen LogP) is 2.24. The number of rotatable bonds is 5. The van der Waals surface area contributed by atoms with Crippen LogP contribution >= 0.6 is 0 Å². The van der Waals surface area contributed by atoms with Crippen LogP contribution in [0.4, 0.5) is 11.4 Å². The first-order valence-corrected chi connectivity index (χ1v) is 6.41. The Morgan fingerprint density at radius 1 is 1.40 bits per heavy atom. The lowest BCUT2D eigenvalue weighted by Crippen LogP contribution is -2.29. The van der Waals surface area contributed by atoms with Gasteiger partial charge in [-0.25, -0.2) is 0 Å². The van der Waals surface area contributed by atoms with E-state index in [4.69, 9.17) is 10.2 Å². The molecule has 0 bridgehead atoms. The molecule has 0 aliphatic rings. The molecule has 0 saturated carbocycles. The summed E-state index contributed by atoms with van der Waals surface area (Å²) in [6, 6.07) is 9.21. The van der Waals surface area contributed by atoms with Crippen molar-refractivity contribution in [1.29, 1.82) is 0 Å². The Labute approximate surface area is 118 Å². The van der Waals surface area contributed by atoms with Crippen molar-refractivity contribution in [2.45, 2.75) is 13.5 Å². The minimum Gasteiger partial charge on any atom is -0.468 e. The van der Waals surface area contributed by atoms with Crippen LogP contribution in [0.15, 0.2) is 41.0 Å². The third kappa shape index (κ3) is 3.86. The van der Waals surface area contributed by atoms with E-state index in [2.05, 4.69) is 5.32 Å². The maximum atomic E-state index is 11.9. The normalized spacial score (nSPS) is 10.8. The lowest BCUT2D eigenvalue weighted by Gasteiger charge is -2.15. The number of nitrogens with zero attached hydrogens (tertiary/aromatic N) is 1. The lowest BCUT2D eigenvalue weighted by atomic mass is 10.2. The van der Waals surface area contributed by atoms with E-state index >= 15 is 0 Å². The van der Waals surface area contributed by atoms with Gasteiger partial charge in [0.05, 0.1) is 19.4 Å². The second-order valence-corrected chi connectivity index (χ2v) is 4.87. The highest BCUT2D eigenvalue weighted by atomic mass is 16.3. The Morgan fingerprint density at radius 3 is 2.85 bits per heavy atom. The van der Waals surface area contributed by atoms with Crippen molar-refractivity contribution < 1.29 is 9.21 Å². The molecule has 1 aromatic carbocycles. The SMILES string of the molecule is Cc1ccc(NC(=O)CN(C)Cc2ccco2)cc1N. The van der Waals surface area contributed by atoms with E-state index in [1.54, 1.807) is 12.3 Å². The molecular formula is C15H19N3O2. The summed E-state index contributed by atoms with van der Waals surface area (Å²) in [7, 11) is 1.87. The summed E-state index contributed by atoms with van der Waals surface area (Å²) in [5.74, 6) is 0.752. The van der Waals surface area contributed by atoms with Gasteiger partial charge in [0, 0.05) is 11.4 Å². The Hall–Kier alpha value is -2.27. The molecule has 3 N–H and O–H groups in total. The van der Waals surface area contributed by atoms with Crippen molar-refractivity contribution in [1.82, 2.24) is 4.90 Å². The predicted molar refractivity (Wildman–Crippen MR) is 79.3 cm³/mol. The smallest absolute Gasteiger partial charge is 0.238 e. The molecule has 0 saturated heterocycles. The molecule has 106 valence electrons. The molecule has 5 nitrogen and oxygen atoms in total. The van der Waals surface area contributed by atoms with Gasteiger partial charge in [-0.3, -0.25) is 9.69 Å². The van der Waals surface area contributed by atoms with E-state index in [1.807, 2.05) is 43.1 Å². The third-order valence-corrected chi connectivity index (χ3v) is 2.98. The molecule has 0 aliphatic carbocycles. The molecule has 1 amide bonds. The highest BCUT2D eigenvalue weighted by molar-refractivity contribution is 5.92. The monoisotopic (exact) mass is 273 g/mol. The Kier molecular flexibility index (Phi) is 4.42. The number of furan rings is 1. The summed E-state index contributed by atoms with van der Waals surface area (Å²) in [4.78, 5) is 13.8. The molecule has 0 fully saturated rings. The van der Waals surface area contributed by atoms with Crippen molar-refractivity contribution in [3.8, 4) is 0 Å². The summed E-state index contributed by atoms with van der Waals surface area (Å²) in [5, 5.41) is 2.83. The Morgan fingerprint density at radius 2 is 2.20 bits per heavy atom. The van der Waals surface area contributed by atoms with Crippen molar-refractivity contribution in [3.63, 3.8) is 0 Å². The van der Waals surface area contributed by atoms with Crippen LogP contribution in [0.2, 0.25) is 0 Å². The number of nitrogens with one attached hydrogen (secondary N) is 1. The van der Waals surface area contributed by atoms with Gasteiger partial charge in [-0.2, -0.15) is 0 Å². The molecule has 0 radical (unpaired) electrons. The Bertz CT molecular complexity index is 579. The highest BCUT2D eigenvalue weighted by Gasteiger charge is 2.09. The number of anilines is 2. The minimum absolute atomic E-state index is 0.0812. The van der Waals surface area contributed by atoms with Gasteiger partial charge < -0.3 is 15.5 Å². The molecular weight excluding hydrogens is 254 g/mol. The zero-order valence-corrected chi connectivity index (χ0v) is 11.7. The first-order valence-electron chi connectivity index (χ1n) is 6.41.